The summed E-state index contributed by atoms with van der Waals surface area (Å²) in [6, 6.07) is 14.4. The first-order chi connectivity index (χ1) is 8.79. The molecule has 0 radical (unpaired) electrons. The van der Waals surface area contributed by atoms with Crippen LogP contribution in [0.2, 0.25) is 0 Å². The van der Waals surface area contributed by atoms with E-state index < -0.39 is 0 Å². The fraction of sp³-hybridized carbons (Fsp3) is 0.133. The maximum atomic E-state index is 5.85. The molecule has 0 spiro atoms. The highest BCUT2D eigenvalue weighted by molar-refractivity contribution is 6.17. The van der Waals surface area contributed by atoms with Crippen molar-refractivity contribution in [1.82, 2.24) is 9.55 Å². The third kappa shape index (κ3) is 1.79. The molecule has 0 unspecified atom stereocenters. The summed E-state index contributed by atoms with van der Waals surface area (Å²) >= 11 is 5.85. The molecule has 2 nitrogen and oxygen atoms in total. The highest BCUT2D eigenvalue weighted by Gasteiger charge is 2.06. The molecule has 1 heterocycles. The fourth-order valence-electron chi connectivity index (χ4n) is 2.22. The second-order valence-electron chi connectivity index (χ2n) is 4.36. The highest BCUT2D eigenvalue weighted by Crippen LogP contribution is 2.22. The first-order valence-corrected chi connectivity index (χ1v) is 6.41. The number of para-hydroxylation sites is 2. The topological polar surface area (TPSA) is 17.8 Å². The first-order valence-electron chi connectivity index (χ1n) is 5.87. The van der Waals surface area contributed by atoms with Crippen LogP contribution >= 0.6 is 11.6 Å². The third-order valence-electron chi connectivity index (χ3n) is 3.13. The van der Waals surface area contributed by atoms with E-state index >= 15 is 0 Å². The number of hydrogen-bond acceptors (Lipinski definition) is 1. The summed E-state index contributed by atoms with van der Waals surface area (Å²) in [6.45, 7) is 2.10. The lowest BCUT2D eigenvalue weighted by Gasteiger charge is -2.09. The lowest BCUT2D eigenvalue weighted by Crippen LogP contribution is -1.96. The van der Waals surface area contributed by atoms with Crippen molar-refractivity contribution in [2.45, 2.75) is 12.8 Å². The molecule has 3 aromatic rings. The Kier molecular flexibility index (Phi) is 2.80. The Morgan fingerprint density at radius 1 is 1.17 bits per heavy atom. The molecule has 0 aliphatic heterocycles. The number of benzene rings is 2. The van der Waals surface area contributed by atoms with Crippen LogP contribution in [0.15, 0.2) is 48.8 Å². The summed E-state index contributed by atoms with van der Waals surface area (Å²) in [5.41, 5.74) is 5.63. The summed E-state index contributed by atoms with van der Waals surface area (Å²) in [5.74, 6) is 0.547. The average Bonchev–Trinajstić information content (AvgIpc) is 2.82. The molecule has 0 atom stereocenters. The minimum Gasteiger partial charge on any atom is -0.299 e. The lowest BCUT2D eigenvalue weighted by molar-refractivity contribution is 1.07. The van der Waals surface area contributed by atoms with Crippen molar-refractivity contribution < 1.29 is 0 Å². The van der Waals surface area contributed by atoms with E-state index in [-0.39, 0.29) is 0 Å². The molecule has 0 N–H and O–H groups in total. The molecule has 1 aromatic heterocycles. The second kappa shape index (κ2) is 4.46. The SMILES string of the molecule is Cc1cc(CCl)ccc1-n1cnc2ccccc21. The predicted octanol–water partition coefficient (Wildman–Crippen LogP) is 4.07. The minimum absolute atomic E-state index is 0.547. The normalized spacial score (nSPS) is 11.0. The zero-order valence-electron chi connectivity index (χ0n) is 10.1. The Balaban J connectivity index is 2.20. The Labute approximate surface area is 111 Å². The van der Waals surface area contributed by atoms with Crippen LogP contribution in [-0.4, -0.2) is 9.55 Å². The number of fused-ring (bicyclic) bond motifs is 1. The quantitative estimate of drug-likeness (QED) is 0.632. The largest absolute Gasteiger partial charge is 0.299 e. The molecule has 0 aliphatic carbocycles. The third-order valence-corrected chi connectivity index (χ3v) is 3.44. The Hall–Kier alpha value is -1.80. The molecule has 90 valence electrons. The lowest BCUT2D eigenvalue weighted by atomic mass is 10.1. The molecule has 0 saturated carbocycles. The molecule has 2 aromatic carbocycles. The van der Waals surface area contributed by atoms with E-state index in [1.807, 2.05) is 24.5 Å². The van der Waals surface area contributed by atoms with E-state index in [1.54, 1.807) is 0 Å². The van der Waals surface area contributed by atoms with Gasteiger partial charge in [-0.2, -0.15) is 0 Å². The molecular weight excluding hydrogens is 244 g/mol. The summed E-state index contributed by atoms with van der Waals surface area (Å²) < 4.78 is 2.11. The van der Waals surface area contributed by atoms with Crippen molar-refractivity contribution in [2.75, 3.05) is 0 Å². The highest BCUT2D eigenvalue weighted by atomic mass is 35.5. The van der Waals surface area contributed by atoms with Crippen molar-refractivity contribution in [3.05, 3.63) is 59.9 Å². The molecule has 3 rings (SSSR count). The van der Waals surface area contributed by atoms with Crippen molar-refractivity contribution >= 4 is 22.6 Å². The van der Waals surface area contributed by atoms with Gasteiger partial charge in [0.1, 0.15) is 6.33 Å². The van der Waals surface area contributed by atoms with Gasteiger partial charge < -0.3 is 0 Å². The molecule has 3 heteroatoms. The van der Waals surface area contributed by atoms with Crippen LogP contribution in [0.5, 0.6) is 0 Å². The van der Waals surface area contributed by atoms with Gasteiger partial charge in [0.15, 0.2) is 0 Å². The van der Waals surface area contributed by atoms with Crippen molar-refractivity contribution in [3.63, 3.8) is 0 Å². The van der Waals surface area contributed by atoms with Crippen LogP contribution in [-0.2, 0) is 5.88 Å². The van der Waals surface area contributed by atoms with Gasteiger partial charge in [0, 0.05) is 5.88 Å². The van der Waals surface area contributed by atoms with E-state index in [9.17, 15) is 0 Å². The van der Waals surface area contributed by atoms with Gasteiger partial charge >= 0.3 is 0 Å². The van der Waals surface area contributed by atoms with Crippen molar-refractivity contribution in [3.8, 4) is 5.69 Å². The van der Waals surface area contributed by atoms with Crippen LogP contribution in [0.25, 0.3) is 16.7 Å². The van der Waals surface area contributed by atoms with Gasteiger partial charge in [0.2, 0.25) is 0 Å². The van der Waals surface area contributed by atoms with Gasteiger partial charge in [-0.3, -0.25) is 4.57 Å². The Morgan fingerprint density at radius 2 is 2.00 bits per heavy atom. The van der Waals surface area contributed by atoms with Gasteiger partial charge in [-0.25, -0.2) is 4.98 Å². The maximum absolute atomic E-state index is 5.85. The van der Waals surface area contributed by atoms with Crippen LogP contribution in [0, 0.1) is 6.92 Å². The molecule has 0 saturated heterocycles. The number of aryl methyl sites for hydroxylation is 1. The van der Waals surface area contributed by atoms with Gasteiger partial charge in [-0.05, 0) is 36.2 Å². The monoisotopic (exact) mass is 256 g/mol. The maximum Gasteiger partial charge on any atom is 0.100 e. The van der Waals surface area contributed by atoms with Crippen LogP contribution < -0.4 is 0 Å². The molecule has 0 aliphatic rings. The molecule has 18 heavy (non-hydrogen) atoms. The van der Waals surface area contributed by atoms with Crippen LogP contribution in [0.1, 0.15) is 11.1 Å². The smallest absolute Gasteiger partial charge is 0.100 e. The molecule has 0 amide bonds. The van der Waals surface area contributed by atoms with Crippen molar-refractivity contribution in [2.24, 2.45) is 0 Å². The number of rotatable bonds is 2. The molecule has 0 fully saturated rings. The van der Waals surface area contributed by atoms with Gasteiger partial charge in [-0.1, -0.05) is 24.3 Å². The first kappa shape index (κ1) is 11.3. The number of aromatic nitrogens is 2. The second-order valence-corrected chi connectivity index (χ2v) is 4.63. The number of alkyl halides is 1. The molecular formula is C15H13ClN2. The zero-order chi connectivity index (χ0) is 12.5. The summed E-state index contributed by atoms with van der Waals surface area (Å²) in [7, 11) is 0. The molecule has 0 bridgehead atoms. The van der Waals surface area contributed by atoms with Crippen LogP contribution in [0.3, 0.4) is 0 Å². The predicted molar refractivity (Wildman–Crippen MR) is 75.4 cm³/mol. The number of hydrogen-bond donors (Lipinski definition) is 0. The summed E-state index contributed by atoms with van der Waals surface area (Å²) in [4.78, 5) is 4.42. The van der Waals surface area contributed by atoms with Gasteiger partial charge in [0.05, 0.1) is 16.7 Å². The van der Waals surface area contributed by atoms with E-state index in [0.29, 0.717) is 5.88 Å². The fourth-order valence-corrected chi connectivity index (χ4v) is 2.39. The van der Waals surface area contributed by atoms with E-state index in [4.69, 9.17) is 11.6 Å². The number of imidazole rings is 1. The zero-order valence-corrected chi connectivity index (χ0v) is 10.9. The standard InChI is InChI=1S/C15H13ClN2/c1-11-8-12(9-16)6-7-14(11)18-10-17-13-4-2-3-5-15(13)18/h2-8,10H,9H2,1H3. The van der Waals surface area contributed by atoms with Gasteiger partial charge in [0.25, 0.3) is 0 Å². The Morgan fingerprint density at radius 3 is 2.78 bits per heavy atom. The van der Waals surface area contributed by atoms with Crippen LogP contribution in [0.4, 0.5) is 0 Å². The van der Waals surface area contributed by atoms with E-state index in [1.165, 1.54) is 5.56 Å². The van der Waals surface area contributed by atoms with E-state index in [2.05, 4.69) is 40.7 Å². The average molecular weight is 257 g/mol. The van der Waals surface area contributed by atoms with E-state index in [0.717, 1.165) is 22.3 Å². The van der Waals surface area contributed by atoms with Gasteiger partial charge in [-0.15, -0.1) is 11.6 Å². The minimum atomic E-state index is 0.547. The summed E-state index contributed by atoms with van der Waals surface area (Å²) in [5, 5.41) is 0. The van der Waals surface area contributed by atoms with Crippen molar-refractivity contribution in [1.29, 1.82) is 0 Å². The summed E-state index contributed by atoms with van der Waals surface area (Å²) in [6.07, 6.45) is 1.87. The Bertz CT molecular complexity index is 701. The number of nitrogens with zero attached hydrogens (tertiary/aromatic N) is 2. The number of halogens is 1.